The fraction of sp³-hybridized carbons (Fsp3) is 0.667. The Kier molecular flexibility index (Phi) is 10.8. The predicted molar refractivity (Wildman–Crippen MR) is 42.5 cm³/mol. The van der Waals surface area contributed by atoms with Crippen molar-refractivity contribution in [2.75, 3.05) is 13.2 Å². The molecule has 0 aliphatic carbocycles. The molecule has 0 radical (unpaired) electrons. The van der Waals surface area contributed by atoms with E-state index in [2.05, 4.69) is 0 Å². The zero-order chi connectivity index (χ0) is 8.69. The molecule has 0 aromatic rings. The van der Waals surface area contributed by atoms with Crippen LogP contribution in [0.5, 0.6) is 0 Å². The summed E-state index contributed by atoms with van der Waals surface area (Å²) in [5.41, 5.74) is 0. The van der Waals surface area contributed by atoms with Gasteiger partial charge in [-0.1, -0.05) is 0 Å². The van der Waals surface area contributed by atoms with Gasteiger partial charge >= 0.3 is 41.5 Å². The molecule has 0 spiro atoms. The first-order valence-corrected chi connectivity index (χ1v) is 3.14. The van der Waals surface area contributed by atoms with Crippen molar-refractivity contribution in [1.82, 2.24) is 0 Å². The molecule has 0 atom stereocenters. The molecule has 0 aliphatic rings. The molecule has 0 heterocycles. The number of hydrogen-bond acceptors (Lipinski definition) is 3. The van der Waals surface area contributed by atoms with E-state index in [0.29, 0.717) is 0 Å². The van der Waals surface area contributed by atoms with Crippen LogP contribution < -0.4 is 0 Å². The Morgan fingerprint density at radius 3 is 1.58 bits per heavy atom. The van der Waals surface area contributed by atoms with Gasteiger partial charge in [-0.3, -0.25) is 9.59 Å². The standard InChI is InChI=1S/C6H10O5.Na.H/c7-5(8)1-3-11-4-2-6(9)10;;/h1-4H2,(H,7,8)(H,9,10);;. The van der Waals surface area contributed by atoms with Crippen LogP contribution in [0.1, 0.15) is 12.8 Å². The molecular formula is C6H11NaO5. The molecule has 0 bridgehead atoms. The molecule has 66 valence electrons. The van der Waals surface area contributed by atoms with Gasteiger partial charge in [0.25, 0.3) is 0 Å². The van der Waals surface area contributed by atoms with E-state index in [-0.39, 0.29) is 55.6 Å². The van der Waals surface area contributed by atoms with Crippen LogP contribution in [0, 0.1) is 0 Å². The van der Waals surface area contributed by atoms with Crippen molar-refractivity contribution < 1.29 is 24.5 Å². The van der Waals surface area contributed by atoms with E-state index in [1.807, 2.05) is 0 Å². The maximum atomic E-state index is 9.90. The zero-order valence-corrected chi connectivity index (χ0v) is 5.95. The molecule has 0 aromatic carbocycles. The fourth-order valence-electron chi connectivity index (χ4n) is 0.421. The van der Waals surface area contributed by atoms with E-state index in [4.69, 9.17) is 14.9 Å². The van der Waals surface area contributed by atoms with E-state index >= 15 is 0 Å². The average molecular weight is 186 g/mol. The van der Waals surface area contributed by atoms with Crippen LogP contribution in [0.2, 0.25) is 0 Å². The Balaban J connectivity index is 0. The Morgan fingerprint density at radius 1 is 1.00 bits per heavy atom. The summed E-state index contributed by atoms with van der Waals surface area (Å²) in [6.07, 6.45) is -0.167. The number of hydrogen-bond donors (Lipinski definition) is 2. The van der Waals surface area contributed by atoms with Gasteiger partial charge in [0, 0.05) is 0 Å². The minimum absolute atomic E-state index is 0. The molecule has 0 aromatic heterocycles. The molecule has 12 heavy (non-hydrogen) atoms. The second-order valence-electron chi connectivity index (χ2n) is 1.90. The van der Waals surface area contributed by atoms with E-state index in [9.17, 15) is 9.59 Å². The minimum atomic E-state index is -0.944. The van der Waals surface area contributed by atoms with Gasteiger partial charge in [-0.2, -0.15) is 0 Å². The first-order valence-electron chi connectivity index (χ1n) is 3.14. The topological polar surface area (TPSA) is 83.8 Å². The summed E-state index contributed by atoms with van der Waals surface area (Å²) in [7, 11) is 0. The number of rotatable bonds is 6. The SMILES string of the molecule is O=C(O)CCOCCC(=O)O.[NaH]. The molecular weight excluding hydrogens is 175 g/mol. The Hall–Kier alpha value is -0.100. The van der Waals surface area contributed by atoms with Gasteiger partial charge in [0.1, 0.15) is 0 Å². The summed E-state index contributed by atoms with van der Waals surface area (Å²) < 4.78 is 4.69. The summed E-state index contributed by atoms with van der Waals surface area (Å²) in [4.78, 5) is 19.8. The molecule has 0 saturated carbocycles. The Bertz CT molecular complexity index is 131. The normalized spacial score (nSPS) is 8.67. The van der Waals surface area contributed by atoms with Gasteiger partial charge in [0.05, 0.1) is 26.1 Å². The second-order valence-corrected chi connectivity index (χ2v) is 1.90. The van der Waals surface area contributed by atoms with Crippen LogP contribution in [0.25, 0.3) is 0 Å². The second kappa shape index (κ2) is 8.99. The predicted octanol–water partition coefficient (Wildman–Crippen LogP) is -0.696. The number of carboxylic acids is 2. The fourth-order valence-corrected chi connectivity index (χ4v) is 0.421. The van der Waals surface area contributed by atoms with Crippen molar-refractivity contribution in [3.63, 3.8) is 0 Å². The quantitative estimate of drug-likeness (QED) is 0.423. The average Bonchev–Trinajstić information content (AvgIpc) is 1.85. The zero-order valence-electron chi connectivity index (χ0n) is 5.95. The van der Waals surface area contributed by atoms with Crippen LogP contribution in [0.3, 0.4) is 0 Å². The number of ether oxygens (including phenoxy) is 1. The summed E-state index contributed by atoms with van der Waals surface area (Å²) in [5.74, 6) is -1.89. The summed E-state index contributed by atoms with van der Waals surface area (Å²) in [6.45, 7) is 0.144. The van der Waals surface area contributed by atoms with Crippen LogP contribution in [-0.2, 0) is 14.3 Å². The van der Waals surface area contributed by atoms with Crippen molar-refractivity contribution in [1.29, 1.82) is 0 Å². The summed E-state index contributed by atoms with van der Waals surface area (Å²) >= 11 is 0. The van der Waals surface area contributed by atoms with E-state index < -0.39 is 11.9 Å². The third-order valence-corrected chi connectivity index (χ3v) is 0.921. The van der Waals surface area contributed by atoms with E-state index in [1.54, 1.807) is 0 Å². The maximum absolute atomic E-state index is 9.90. The van der Waals surface area contributed by atoms with Gasteiger partial charge in [-0.15, -0.1) is 0 Å². The molecule has 0 amide bonds. The van der Waals surface area contributed by atoms with Gasteiger partial charge in [-0.25, -0.2) is 0 Å². The number of carboxylic acid groups (broad SMARTS) is 2. The van der Waals surface area contributed by atoms with Gasteiger partial charge in [-0.05, 0) is 0 Å². The third-order valence-electron chi connectivity index (χ3n) is 0.921. The third kappa shape index (κ3) is 12.6. The first kappa shape index (κ1) is 14.4. The molecule has 0 unspecified atom stereocenters. The van der Waals surface area contributed by atoms with Crippen LogP contribution in [0.15, 0.2) is 0 Å². The van der Waals surface area contributed by atoms with Crippen molar-refractivity contribution in [3.8, 4) is 0 Å². The molecule has 0 rings (SSSR count). The van der Waals surface area contributed by atoms with Gasteiger partial charge < -0.3 is 14.9 Å². The number of carbonyl (C=O) groups is 2. The van der Waals surface area contributed by atoms with Crippen LogP contribution in [0.4, 0.5) is 0 Å². The Morgan fingerprint density at radius 2 is 1.33 bits per heavy atom. The Labute approximate surface area is 92.0 Å². The van der Waals surface area contributed by atoms with Crippen molar-refractivity contribution in [2.24, 2.45) is 0 Å². The van der Waals surface area contributed by atoms with Gasteiger partial charge in [0.15, 0.2) is 0 Å². The first-order chi connectivity index (χ1) is 5.13. The van der Waals surface area contributed by atoms with Crippen LogP contribution in [-0.4, -0.2) is 64.9 Å². The molecule has 0 fully saturated rings. The summed E-state index contributed by atoms with van der Waals surface area (Å²) in [5, 5.41) is 16.3. The summed E-state index contributed by atoms with van der Waals surface area (Å²) in [6, 6.07) is 0. The number of aliphatic carboxylic acids is 2. The van der Waals surface area contributed by atoms with Crippen molar-refractivity contribution >= 4 is 41.5 Å². The van der Waals surface area contributed by atoms with E-state index in [1.165, 1.54) is 0 Å². The van der Waals surface area contributed by atoms with Crippen LogP contribution >= 0.6 is 0 Å². The molecule has 0 aliphatic heterocycles. The molecule has 0 saturated heterocycles. The van der Waals surface area contributed by atoms with Gasteiger partial charge in [0.2, 0.25) is 0 Å². The molecule has 2 N–H and O–H groups in total. The molecule has 5 nitrogen and oxygen atoms in total. The molecule has 6 heteroatoms. The van der Waals surface area contributed by atoms with Crippen molar-refractivity contribution in [2.45, 2.75) is 12.8 Å². The van der Waals surface area contributed by atoms with E-state index in [0.717, 1.165) is 0 Å². The monoisotopic (exact) mass is 186 g/mol. The van der Waals surface area contributed by atoms with Crippen molar-refractivity contribution in [3.05, 3.63) is 0 Å².